The molecule has 0 unspecified atom stereocenters. The van der Waals surface area contributed by atoms with Crippen molar-refractivity contribution in [2.75, 3.05) is 13.2 Å². The van der Waals surface area contributed by atoms with Crippen LogP contribution in [0.2, 0.25) is 0 Å². The second-order valence-electron chi connectivity index (χ2n) is 4.20. The van der Waals surface area contributed by atoms with Gasteiger partial charge in [-0.1, -0.05) is 26.7 Å². The summed E-state index contributed by atoms with van der Waals surface area (Å²) in [6.07, 6.45) is 5.60. The van der Waals surface area contributed by atoms with Gasteiger partial charge >= 0.3 is 0 Å². The van der Waals surface area contributed by atoms with E-state index in [1.54, 1.807) is 0 Å². The maximum absolute atomic E-state index is 5.31. The van der Waals surface area contributed by atoms with Gasteiger partial charge in [-0.05, 0) is 24.7 Å². The molecule has 1 saturated carbocycles. The molecule has 1 rings (SSSR count). The molecule has 2 nitrogen and oxygen atoms in total. The smallest absolute Gasteiger partial charge is 0.0705 e. The molecule has 1 aliphatic rings. The van der Waals surface area contributed by atoms with Crippen LogP contribution < -0.4 is 5.48 Å². The van der Waals surface area contributed by atoms with Crippen LogP contribution in [0, 0.1) is 11.8 Å². The molecule has 0 aromatic carbocycles. The van der Waals surface area contributed by atoms with Crippen LogP contribution >= 0.6 is 0 Å². The number of nitrogens with one attached hydrogen (secondary N) is 1. The summed E-state index contributed by atoms with van der Waals surface area (Å²) in [6.45, 7) is 6.20. The van der Waals surface area contributed by atoms with Gasteiger partial charge in [-0.2, -0.15) is 0 Å². The van der Waals surface area contributed by atoms with Crippen molar-refractivity contribution >= 4 is 0 Å². The van der Waals surface area contributed by atoms with Crippen LogP contribution in [-0.4, -0.2) is 13.2 Å². The van der Waals surface area contributed by atoms with Gasteiger partial charge in [-0.15, -0.1) is 0 Å². The van der Waals surface area contributed by atoms with Crippen molar-refractivity contribution in [1.29, 1.82) is 0 Å². The Hall–Kier alpha value is -0.0800. The first-order valence-electron chi connectivity index (χ1n) is 5.13. The van der Waals surface area contributed by atoms with E-state index in [4.69, 9.17) is 4.84 Å². The summed E-state index contributed by atoms with van der Waals surface area (Å²) in [6, 6.07) is 0. The Kier molecular flexibility index (Phi) is 4.62. The number of hydrogen-bond acceptors (Lipinski definition) is 2. The molecule has 72 valence electrons. The highest BCUT2D eigenvalue weighted by Crippen LogP contribution is 2.23. The molecule has 1 fully saturated rings. The minimum atomic E-state index is 0.626. The summed E-state index contributed by atoms with van der Waals surface area (Å²) < 4.78 is 0. The van der Waals surface area contributed by atoms with Gasteiger partial charge in [0.2, 0.25) is 0 Å². The molecule has 0 heterocycles. The van der Waals surface area contributed by atoms with E-state index in [2.05, 4.69) is 19.3 Å². The van der Waals surface area contributed by atoms with E-state index in [0.29, 0.717) is 5.92 Å². The van der Waals surface area contributed by atoms with Crippen molar-refractivity contribution in [2.45, 2.75) is 39.5 Å². The minimum absolute atomic E-state index is 0.626. The molecule has 0 aromatic heterocycles. The van der Waals surface area contributed by atoms with Crippen LogP contribution in [-0.2, 0) is 4.84 Å². The lowest BCUT2D eigenvalue weighted by Crippen LogP contribution is -2.23. The van der Waals surface area contributed by atoms with Crippen molar-refractivity contribution in [3.8, 4) is 0 Å². The largest absolute Gasteiger partial charge is 0.302 e. The second kappa shape index (κ2) is 5.55. The average molecular weight is 171 g/mol. The molecule has 2 heteroatoms. The molecule has 1 N–H and O–H groups in total. The fourth-order valence-electron chi connectivity index (χ4n) is 1.62. The van der Waals surface area contributed by atoms with Crippen molar-refractivity contribution in [2.24, 2.45) is 11.8 Å². The highest BCUT2D eigenvalue weighted by molar-refractivity contribution is 4.67. The summed E-state index contributed by atoms with van der Waals surface area (Å²) >= 11 is 0. The second-order valence-corrected chi connectivity index (χ2v) is 4.20. The van der Waals surface area contributed by atoms with Gasteiger partial charge in [0.25, 0.3) is 0 Å². The maximum atomic E-state index is 5.31. The fraction of sp³-hybridized carbons (Fsp3) is 1.00. The summed E-state index contributed by atoms with van der Waals surface area (Å²) in [5.74, 6) is 1.50. The Bertz CT molecular complexity index is 108. The quantitative estimate of drug-likeness (QED) is 0.506. The number of rotatable bonds is 5. The first-order chi connectivity index (χ1) is 5.79. The standard InChI is InChI=1S/C10H21NO/c1-9(2)8-12-11-7-10-5-3-4-6-10/h9-11H,3-8H2,1-2H3. The molecule has 0 aliphatic heterocycles. The zero-order valence-electron chi connectivity index (χ0n) is 8.31. The lowest BCUT2D eigenvalue weighted by molar-refractivity contribution is 0.0165. The Morgan fingerprint density at radius 1 is 1.33 bits per heavy atom. The summed E-state index contributed by atoms with van der Waals surface area (Å²) in [4.78, 5) is 5.31. The van der Waals surface area contributed by atoms with Gasteiger partial charge in [0.1, 0.15) is 0 Å². The molecule has 0 amide bonds. The molecular formula is C10H21NO. The van der Waals surface area contributed by atoms with E-state index < -0.39 is 0 Å². The molecule has 0 saturated heterocycles. The van der Waals surface area contributed by atoms with Crippen molar-refractivity contribution in [3.05, 3.63) is 0 Å². The third kappa shape index (κ3) is 4.07. The Balaban J connectivity index is 1.88. The van der Waals surface area contributed by atoms with Gasteiger partial charge < -0.3 is 4.84 Å². The molecule has 0 radical (unpaired) electrons. The highest BCUT2D eigenvalue weighted by atomic mass is 16.6. The molecule has 12 heavy (non-hydrogen) atoms. The summed E-state index contributed by atoms with van der Waals surface area (Å²) in [5.41, 5.74) is 3.06. The third-order valence-corrected chi connectivity index (χ3v) is 2.37. The van der Waals surface area contributed by atoms with Gasteiger partial charge in [0.15, 0.2) is 0 Å². The van der Waals surface area contributed by atoms with E-state index in [-0.39, 0.29) is 0 Å². The van der Waals surface area contributed by atoms with Gasteiger partial charge in [-0.3, -0.25) is 0 Å². The fourth-order valence-corrected chi connectivity index (χ4v) is 1.62. The van der Waals surface area contributed by atoms with Crippen LogP contribution in [0.4, 0.5) is 0 Å². The summed E-state index contributed by atoms with van der Waals surface area (Å²) in [5, 5.41) is 0. The zero-order chi connectivity index (χ0) is 8.81. The molecule has 0 bridgehead atoms. The molecule has 0 spiro atoms. The molecular weight excluding hydrogens is 150 g/mol. The van der Waals surface area contributed by atoms with E-state index >= 15 is 0 Å². The van der Waals surface area contributed by atoms with Crippen LogP contribution in [0.15, 0.2) is 0 Å². The normalized spacial score (nSPS) is 19.2. The van der Waals surface area contributed by atoms with E-state index in [1.807, 2.05) is 0 Å². The first kappa shape index (κ1) is 10.0. The predicted octanol–water partition coefficient (Wildman–Crippen LogP) is 2.35. The van der Waals surface area contributed by atoms with E-state index in [0.717, 1.165) is 19.1 Å². The molecule has 0 atom stereocenters. The number of hydrogen-bond donors (Lipinski definition) is 1. The first-order valence-corrected chi connectivity index (χ1v) is 5.13. The monoisotopic (exact) mass is 171 g/mol. The van der Waals surface area contributed by atoms with E-state index in [9.17, 15) is 0 Å². The maximum Gasteiger partial charge on any atom is 0.0705 e. The van der Waals surface area contributed by atoms with Crippen LogP contribution in [0.25, 0.3) is 0 Å². The van der Waals surface area contributed by atoms with Gasteiger partial charge in [0.05, 0.1) is 6.61 Å². The Morgan fingerprint density at radius 3 is 2.58 bits per heavy atom. The van der Waals surface area contributed by atoms with Crippen LogP contribution in [0.5, 0.6) is 0 Å². The molecule has 1 aliphatic carbocycles. The van der Waals surface area contributed by atoms with E-state index in [1.165, 1.54) is 25.7 Å². The van der Waals surface area contributed by atoms with Gasteiger partial charge in [0, 0.05) is 6.54 Å². The lowest BCUT2D eigenvalue weighted by Gasteiger charge is -2.11. The average Bonchev–Trinajstić information content (AvgIpc) is 2.49. The predicted molar refractivity (Wildman–Crippen MR) is 50.8 cm³/mol. The van der Waals surface area contributed by atoms with Crippen molar-refractivity contribution in [3.63, 3.8) is 0 Å². The third-order valence-electron chi connectivity index (χ3n) is 2.37. The Labute approximate surface area is 75.6 Å². The van der Waals surface area contributed by atoms with Crippen LogP contribution in [0.1, 0.15) is 39.5 Å². The SMILES string of the molecule is CC(C)CONCC1CCCC1. The summed E-state index contributed by atoms with van der Waals surface area (Å²) in [7, 11) is 0. The topological polar surface area (TPSA) is 21.3 Å². The minimum Gasteiger partial charge on any atom is -0.302 e. The zero-order valence-corrected chi connectivity index (χ0v) is 8.31. The highest BCUT2D eigenvalue weighted by Gasteiger charge is 2.13. The number of hydroxylamine groups is 1. The van der Waals surface area contributed by atoms with Crippen molar-refractivity contribution in [1.82, 2.24) is 5.48 Å². The van der Waals surface area contributed by atoms with Crippen LogP contribution in [0.3, 0.4) is 0 Å². The Morgan fingerprint density at radius 2 is 2.00 bits per heavy atom. The van der Waals surface area contributed by atoms with Crippen molar-refractivity contribution < 1.29 is 4.84 Å². The lowest BCUT2D eigenvalue weighted by atomic mass is 10.1. The molecule has 0 aromatic rings. The van der Waals surface area contributed by atoms with Gasteiger partial charge in [-0.25, -0.2) is 5.48 Å².